The molecule has 0 aliphatic rings. The lowest BCUT2D eigenvalue weighted by atomic mass is 10.3. The summed E-state index contributed by atoms with van der Waals surface area (Å²) in [7, 11) is 0. The van der Waals surface area contributed by atoms with E-state index in [2.05, 4.69) is 4.98 Å². The second-order valence-corrected chi connectivity index (χ2v) is 4.42. The normalized spacial score (nSPS) is 10.1. The minimum atomic E-state index is -0.105. The van der Waals surface area contributed by atoms with Gasteiger partial charge in [0, 0.05) is 11.1 Å². The number of hydrogen-bond acceptors (Lipinski definition) is 4. The van der Waals surface area contributed by atoms with E-state index in [-0.39, 0.29) is 5.84 Å². The maximum absolute atomic E-state index is 7.44. The molecule has 92 valence electrons. The summed E-state index contributed by atoms with van der Waals surface area (Å²) in [6.07, 6.45) is 3.60. The Hall–Kier alpha value is -2.01. The molecular formula is C13H13N3OS. The Labute approximate surface area is 110 Å². The van der Waals surface area contributed by atoms with Crippen LogP contribution in [0.2, 0.25) is 0 Å². The third kappa shape index (κ3) is 2.81. The quantitative estimate of drug-likeness (QED) is 0.503. The zero-order valence-corrected chi connectivity index (χ0v) is 10.7. The highest BCUT2D eigenvalue weighted by atomic mass is 32.2. The molecule has 0 aliphatic heterocycles. The zero-order chi connectivity index (χ0) is 13.0. The highest BCUT2D eigenvalue weighted by molar-refractivity contribution is 7.98. The summed E-state index contributed by atoms with van der Waals surface area (Å²) in [5, 5.41) is 7.44. The number of nitrogens with one attached hydrogen (secondary N) is 1. The summed E-state index contributed by atoms with van der Waals surface area (Å²) < 4.78 is 5.68. The van der Waals surface area contributed by atoms with Crippen LogP contribution in [0.25, 0.3) is 0 Å². The van der Waals surface area contributed by atoms with Crippen LogP contribution in [-0.4, -0.2) is 17.1 Å². The van der Waals surface area contributed by atoms with Crippen LogP contribution in [0.4, 0.5) is 0 Å². The van der Waals surface area contributed by atoms with E-state index >= 15 is 0 Å². The molecule has 3 N–H and O–H groups in total. The number of amidine groups is 1. The number of benzene rings is 1. The fourth-order valence-corrected chi connectivity index (χ4v) is 1.85. The smallest absolute Gasteiger partial charge is 0.156 e. The van der Waals surface area contributed by atoms with Gasteiger partial charge in [0.25, 0.3) is 0 Å². The van der Waals surface area contributed by atoms with Crippen molar-refractivity contribution in [2.45, 2.75) is 4.90 Å². The van der Waals surface area contributed by atoms with Gasteiger partial charge >= 0.3 is 0 Å². The Morgan fingerprint density at radius 3 is 2.61 bits per heavy atom. The second-order valence-electron chi connectivity index (χ2n) is 3.54. The van der Waals surface area contributed by atoms with Crippen LogP contribution in [-0.2, 0) is 0 Å². The van der Waals surface area contributed by atoms with Crippen molar-refractivity contribution in [3.8, 4) is 11.5 Å². The molecular weight excluding hydrogens is 246 g/mol. The maximum Gasteiger partial charge on any atom is 0.156 e. The van der Waals surface area contributed by atoms with Crippen molar-refractivity contribution in [2.24, 2.45) is 5.73 Å². The van der Waals surface area contributed by atoms with Gasteiger partial charge in [0.05, 0.1) is 0 Å². The largest absolute Gasteiger partial charge is 0.455 e. The van der Waals surface area contributed by atoms with E-state index in [1.807, 2.05) is 30.5 Å². The number of nitrogen functional groups attached to an aromatic ring is 1. The van der Waals surface area contributed by atoms with Crippen molar-refractivity contribution < 1.29 is 4.74 Å². The Balaban J connectivity index is 2.25. The van der Waals surface area contributed by atoms with E-state index < -0.39 is 0 Å². The van der Waals surface area contributed by atoms with Gasteiger partial charge < -0.3 is 10.5 Å². The molecule has 0 radical (unpaired) electrons. The van der Waals surface area contributed by atoms with E-state index in [0.717, 1.165) is 0 Å². The van der Waals surface area contributed by atoms with Crippen LogP contribution in [0.15, 0.2) is 47.5 Å². The molecule has 0 bridgehead atoms. The number of ether oxygens (including phenoxy) is 1. The standard InChI is InChI=1S/C13H13N3OS/c1-18-10-6-4-9(5-7-10)17-11-3-2-8-16-12(11)13(14)15/h2-8H,1H3,(H3,14,15). The number of thioether (sulfide) groups is 1. The third-order valence-electron chi connectivity index (χ3n) is 2.31. The molecule has 0 saturated heterocycles. The van der Waals surface area contributed by atoms with Gasteiger partial charge in [-0.1, -0.05) is 0 Å². The zero-order valence-electron chi connectivity index (χ0n) is 9.88. The van der Waals surface area contributed by atoms with Crippen LogP contribution >= 0.6 is 11.8 Å². The van der Waals surface area contributed by atoms with Gasteiger partial charge in [-0.25, -0.2) is 4.98 Å². The van der Waals surface area contributed by atoms with E-state index in [1.54, 1.807) is 30.1 Å². The average Bonchev–Trinajstić information content (AvgIpc) is 2.40. The molecule has 5 heteroatoms. The van der Waals surface area contributed by atoms with Crippen molar-refractivity contribution in [1.29, 1.82) is 5.41 Å². The molecule has 0 aliphatic carbocycles. The van der Waals surface area contributed by atoms with Crippen molar-refractivity contribution in [3.63, 3.8) is 0 Å². The molecule has 1 heterocycles. The number of nitrogens with zero attached hydrogens (tertiary/aromatic N) is 1. The fraction of sp³-hybridized carbons (Fsp3) is 0.0769. The first-order valence-corrected chi connectivity index (χ1v) is 6.54. The Morgan fingerprint density at radius 1 is 1.28 bits per heavy atom. The van der Waals surface area contributed by atoms with Gasteiger partial charge in [-0.2, -0.15) is 0 Å². The summed E-state index contributed by atoms with van der Waals surface area (Å²) in [6, 6.07) is 11.2. The Kier molecular flexibility index (Phi) is 3.84. The molecule has 0 unspecified atom stereocenters. The first-order chi connectivity index (χ1) is 8.70. The first kappa shape index (κ1) is 12.4. The van der Waals surface area contributed by atoms with Gasteiger partial charge in [-0.15, -0.1) is 11.8 Å². The molecule has 1 aromatic carbocycles. The first-order valence-electron chi connectivity index (χ1n) is 5.32. The van der Waals surface area contributed by atoms with Crippen LogP contribution in [0.1, 0.15) is 5.69 Å². The lowest BCUT2D eigenvalue weighted by Crippen LogP contribution is -2.14. The topological polar surface area (TPSA) is 72.0 Å². The predicted octanol–water partition coefficient (Wildman–Crippen LogP) is 2.88. The lowest BCUT2D eigenvalue weighted by Gasteiger charge is -2.09. The van der Waals surface area contributed by atoms with Crippen molar-refractivity contribution in [1.82, 2.24) is 4.98 Å². The van der Waals surface area contributed by atoms with E-state index in [1.165, 1.54) is 4.90 Å². The van der Waals surface area contributed by atoms with Crippen LogP contribution in [0.5, 0.6) is 11.5 Å². The van der Waals surface area contributed by atoms with Crippen molar-refractivity contribution in [3.05, 3.63) is 48.3 Å². The van der Waals surface area contributed by atoms with E-state index in [4.69, 9.17) is 15.9 Å². The second kappa shape index (κ2) is 5.55. The molecule has 0 fully saturated rings. The number of hydrogen-bond donors (Lipinski definition) is 2. The Morgan fingerprint density at radius 2 is 2.00 bits per heavy atom. The summed E-state index contributed by atoms with van der Waals surface area (Å²) in [4.78, 5) is 5.20. The molecule has 0 saturated carbocycles. The summed E-state index contributed by atoms with van der Waals surface area (Å²) >= 11 is 1.67. The summed E-state index contributed by atoms with van der Waals surface area (Å²) in [6.45, 7) is 0. The number of nitrogens with two attached hydrogens (primary N) is 1. The van der Waals surface area contributed by atoms with Crippen LogP contribution in [0, 0.1) is 5.41 Å². The Bertz CT molecular complexity index is 554. The molecule has 4 nitrogen and oxygen atoms in total. The van der Waals surface area contributed by atoms with Gasteiger partial charge in [-0.3, -0.25) is 5.41 Å². The van der Waals surface area contributed by atoms with Gasteiger partial charge in [0.15, 0.2) is 5.75 Å². The van der Waals surface area contributed by atoms with Crippen molar-refractivity contribution >= 4 is 17.6 Å². The maximum atomic E-state index is 7.44. The van der Waals surface area contributed by atoms with Gasteiger partial charge in [-0.05, 0) is 42.7 Å². The summed E-state index contributed by atoms with van der Waals surface area (Å²) in [5.41, 5.74) is 5.80. The number of aromatic nitrogens is 1. The molecule has 2 rings (SSSR count). The summed E-state index contributed by atoms with van der Waals surface area (Å²) in [5.74, 6) is 1.08. The number of pyridine rings is 1. The van der Waals surface area contributed by atoms with E-state index in [0.29, 0.717) is 17.2 Å². The SMILES string of the molecule is CSc1ccc(Oc2cccnc2C(=N)N)cc1. The minimum absolute atomic E-state index is 0.105. The molecule has 18 heavy (non-hydrogen) atoms. The highest BCUT2D eigenvalue weighted by Crippen LogP contribution is 2.25. The van der Waals surface area contributed by atoms with Gasteiger partial charge in [0.2, 0.25) is 0 Å². The molecule has 0 spiro atoms. The monoisotopic (exact) mass is 259 g/mol. The fourth-order valence-electron chi connectivity index (χ4n) is 1.45. The molecule has 0 amide bonds. The number of rotatable bonds is 4. The third-order valence-corrected chi connectivity index (χ3v) is 3.06. The lowest BCUT2D eigenvalue weighted by molar-refractivity contribution is 0.478. The minimum Gasteiger partial charge on any atom is -0.455 e. The van der Waals surface area contributed by atoms with E-state index in [9.17, 15) is 0 Å². The average molecular weight is 259 g/mol. The highest BCUT2D eigenvalue weighted by Gasteiger charge is 2.08. The molecule has 0 atom stereocenters. The van der Waals surface area contributed by atoms with Crippen molar-refractivity contribution in [2.75, 3.05) is 6.26 Å². The predicted molar refractivity (Wildman–Crippen MR) is 73.6 cm³/mol. The molecule has 1 aromatic heterocycles. The van der Waals surface area contributed by atoms with Gasteiger partial charge in [0.1, 0.15) is 17.3 Å². The molecule has 2 aromatic rings. The van der Waals surface area contributed by atoms with Crippen LogP contribution in [0.3, 0.4) is 0 Å². The van der Waals surface area contributed by atoms with Crippen LogP contribution < -0.4 is 10.5 Å².